The lowest BCUT2D eigenvalue weighted by molar-refractivity contribution is 0.0699. The summed E-state index contributed by atoms with van der Waals surface area (Å²) in [4.78, 5) is 37.6. The molecule has 2 saturated carbocycles. The van der Waals surface area contributed by atoms with Gasteiger partial charge in [0.05, 0.1) is 17.0 Å². The molecule has 43 heavy (non-hydrogen) atoms. The minimum absolute atomic E-state index is 0.0182. The minimum atomic E-state index is -0.0330. The Morgan fingerprint density at radius 1 is 1.09 bits per heavy atom. The van der Waals surface area contributed by atoms with Gasteiger partial charge in [0.1, 0.15) is 11.3 Å². The first-order chi connectivity index (χ1) is 20.9. The number of rotatable bonds is 5. The fourth-order valence-electron chi connectivity index (χ4n) is 7.45. The summed E-state index contributed by atoms with van der Waals surface area (Å²) in [6.07, 6.45) is 7.98. The molecule has 1 aromatic carbocycles. The number of hydrogen-bond acceptors (Lipinski definition) is 6. The number of nitrogens with zero attached hydrogens (tertiary/aromatic N) is 6. The Balaban J connectivity index is 1.12. The summed E-state index contributed by atoms with van der Waals surface area (Å²) in [5.74, 6) is 0.962. The molecule has 4 aromatic heterocycles. The average molecular weight is 573 g/mol. The number of likely N-dealkylation sites (tertiary alicyclic amines) is 1. The average Bonchev–Trinajstić information content (AvgIpc) is 3.23. The zero-order chi connectivity index (χ0) is 29.0. The molecular weight excluding hydrogens is 540 g/mol. The molecule has 2 unspecified atom stereocenters. The van der Waals surface area contributed by atoms with Gasteiger partial charge in [0.2, 0.25) is 0 Å². The van der Waals surface area contributed by atoms with Crippen LogP contribution in [0.25, 0.3) is 39.3 Å². The van der Waals surface area contributed by atoms with Gasteiger partial charge in [-0.3, -0.25) is 9.59 Å². The van der Waals surface area contributed by atoms with E-state index in [0.717, 1.165) is 81.9 Å². The van der Waals surface area contributed by atoms with Crippen molar-refractivity contribution in [2.45, 2.75) is 57.8 Å². The maximum atomic E-state index is 13.5. The molecule has 2 amide bonds. The Kier molecular flexibility index (Phi) is 5.21. The highest BCUT2D eigenvalue weighted by atomic mass is 16.2. The summed E-state index contributed by atoms with van der Waals surface area (Å²) in [5, 5.41) is 8.93. The number of carbonyl (C=O) groups excluding carboxylic acids is 2. The van der Waals surface area contributed by atoms with Gasteiger partial charge in [-0.2, -0.15) is 5.10 Å². The molecule has 3 atom stereocenters. The number of aromatic nitrogens is 5. The number of piperidine rings is 1. The van der Waals surface area contributed by atoms with E-state index in [4.69, 9.17) is 20.8 Å². The van der Waals surface area contributed by atoms with Crippen molar-refractivity contribution in [3.8, 4) is 22.6 Å². The van der Waals surface area contributed by atoms with E-state index in [2.05, 4.69) is 22.0 Å². The Hall–Kier alpha value is -4.57. The number of fused-ring (bicyclic) bond motifs is 5. The van der Waals surface area contributed by atoms with Crippen LogP contribution in [0.2, 0.25) is 0 Å². The van der Waals surface area contributed by atoms with Crippen LogP contribution >= 0.6 is 0 Å². The van der Waals surface area contributed by atoms with Crippen molar-refractivity contribution in [2.24, 2.45) is 17.6 Å². The Morgan fingerprint density at radius 2 is 1.98 bits per heavy atom. The van der Waals surface area contributed by atoms with Crippen molar-refractivity contribution in [1.82, 2.24) is 34.4 Å². The number of carbonyl (C=O) groups is 2. The van der Waals surface area contributed by atoms with Crippen LogP contribution in [0, 0.1) is 18.8 Å². The van der Waals surface area contributed by atoms with Crippen molar-refractivity contribution in [3.63, 3.8) is 0 Å². The molecule has 10 nitrogen and oxygen atoms in total. The van der Waals surface area contributed by atoms with Gasteiger partial charge < -0.3 is 20.5 Å². The number of benzene rings is 1. The Morgan fingerprint density at radius 3 is 2.77 bits per heavy atom. The molecule has 3 fully saturated rings. The van der Waals surface area contributed by atoms with Crippen LogP contribution in [0.5, 0.6) is 0 Å². The van der Waals surface area contributed by atoms with Crippen molar-refractivity contribution in [1.29, 1.82) is 0 Å². The van der Waals surface area contributed by atoms with Crippen LogP contribution in [-0.4, -0.2) is 59.5 Å². The molecule has 9 rings (SSSR count). The van der Waals surface area contributed by atoms with E-state index in [1.807, 2.05) is 42.3 Å². The second-order valence-electron chi connectivity index (χ2n) is 12.8. The van der Waals surface area contributed by atoms with Crippen LogP contribution in [0.15, 0.2) is 48.8 Å². The normalized spacial score (nSPS) is 22.6. The monoisotopic (exact) mass is 572 g/mol. The van der Waals surface area contributed by atoms with Gasteiger partial charge in [-0.25, -0.2) is 14.5 Å². The lowest BCUT2D eigenvalue weighted by atomic mass is 10.0. The van der Waals surface area contributed by atoms with E-state index in [9.17, 15) is 9.59 Å². The lowest BCUT2D eigenvalue weighted by Crippen LogP contribution is -2.41. The van der Waals surface area contributed by atoms with Gasteiger partial charge in [-0.15, -0.1) is 0 Å². The second-order valence-corrected chi connectivity index (χ2v) is 12.8. The first kappa shape index (κ1) is 25.0. The summed E-state index contributed by atoms with van der Waals surface area (Å²) in [6, 6.07) is 12.5. The second kappa shape index (κ2) is 8.97. The molecule has 5 aromatic rings. The van der Waals surface area contributed by atoms with Gasteiger partial charge in [0.25, 0.3) is 11.8 Å². The first-order valence-corrected chi connectivity index (χ1v) is 15.3. The highest BCUT2D eigenvalue weighted by Gasteiger charge is 2.47. The summed E-state index contributed by atoms with van der Waals surface area (Å²) < 4.78 is 4.04. The van der Waals surface area contributed by atoms with E-state index >= 15 is 0 Å². The van der Waals surface area contributed by atoms with Gasteiger partial charge in [-0.05, 0) is 74.3 Å². The number of pyridine rings is 1. The van der Waals surface area contributed by atoms with E-state index in [1.54, 1.807) is 10.7 Å². The first-order valence-electron chi connectivity index (χ1n) is 15.3. The fourth-order valence-corrected chi connectivity index (χ4v) is 7.45. The van der Waals surface area contributed by atoms with Gasteiger partial charge in [0, 0.05) is 66.2 Å². The molecule has 2 bridgehead atoms. The quantitative estimate of drug-likeness (QED) is 0.329. The van der Waals surface area contributed by atoms with E-state index in [-0.39, 0.29) is 23.9 Å². The lowest BCUT2D eigenvalue weighted by Gasteiger charge is -2.27. The predicted molar refractivity (Wildman–Crippen MR) is 161 cm³/mol. The molecule has 2 aliphatic heterocycles. The molecule has 10 heteroatoms. The number of amides is 2. The maximum absolute atomic E-state index is 13.5. The predicted octanol–water partition coefficient (Wildman–Crippen LogP) is 3.94. The van der Waals surface area contributed by atoms with Gasteiger partial charge >= 0.3 is 0 Å². The zero-order valence-electron chi connectivity index (χ0n) is 24.0. The summed E-state index contributed by atoms with van der Waals surface area (Å²) in [7, 11) is 0. The topological polar surface area (TPSA) is 123 Å². The minimum Gasteiger partial charge on any atom is -0.348 e. The number of aryl methyl sites for hydroxylation is 1. The Bertz CT molecular complexity index is 2000. The van der Waals surface area contributed by atoms with E-state index in [0.29, 0.717) is 23.9 Å². The van der Waals surface area contributed by atoms with Crippen molar-refractivity contribution in [3.05, 3.63) is 71.0 Å². The largest absolute Gasteiger partial charge is 0.348 e. The van der Waals surface area contributed by atoms with Crippen LogP contribution < -0.4 is 11.1 Å². The van der Waals surface area contributed by atoms with Crippen molar-refractivity contribution >= 4 is 28.5 Å². The third-order valence-corrected chi connectivity index (χ3v) is 10.1. The standard InChI is InChI=1S/C33H32N8O2/c1-17-29(38-41-16-23(13-35-30(17)41)33(43)40-15-22-7-9-26(40)28(22)34)27-11-20-6-8-25(37-31(20)39(27)14-18-2-3-18)19-4-5-21-12-36-32(42)24(21)10-19/h4-6,8,10-11,13,16,18,22,26,28H,2-3,7,9,12,14-15,34H2,1H3,(H,36,42)/t22?,26?,28-/m1/s1. The molecular formula is C33H32N8O2. The molecule has 2 aliphatic carbocycles. The highest BCUT2D eigenvalue weighted by molar-refractivity contribution is 5.99. The van der Waals surface area contributed by atoms with Crippen LogP contribution in [0.1, 0.15) is 57.5 Å². The molecule has 6 heterocycles. The Labute approximate surface area is 247 Å². The van der Waals surface area contributed by atoms with Crippen molar-refractivity contribution in [2.75, 3.05) is 6.54 Å². The smallest absolute Gasteiger partial charge is 0.257 e. The van der Waals surface area contributed by atoms with Crippen LogP contribution in [-0.2, 0) is 13.1 Å². The molecule has 0 radical (unpaired) electrons. The van der Waals surface area contributed by atoms with Gasteiger partial charge in [-0.1, -0.05) is 12.1 Å². The highest BCUT2D eigenvalue weighted by Crippen LogP contribution is 2.39. The third-order valence-electron chi connectivity index (χ3n) is 10.1. The molecule has 216 valence electrons. The molecule has 4 aliphatic rings. The summed E-state index contributed by atoms with van der Waals surface area (Å²) in [5.41, 5.74) is 14.9. The summed E-state index contributed by atoms with van der Waals surface area (Å²) >= 11 is 0. The molecule has 1 saturated heterocycles. The molecule has 0 spiro atoms. The zero-order valence-corrected chi connectivity index (χ0v) is 24.0. The fraction of sp³-hybridized carbons (Fsp3) is 0.364. The number of nitrogens with two attached hydrogens (primary N) is 1. The van der Waals surface area contributed by atoms with E-state index < -0.39 is 0 Å². The SMILES string of the molecule is Cc1c(-c2cc3ccc(-c4ccc5c(c4)C(=O)NC5)nc3n2CC2CC2)nn2cc(C(=O)N3CC4CCC3[C@@H]4N)cnc12. The van der Waals surface area contributed by atoms with Gasteiger partial charge in [0.15, 0.2) is 5.65 Å². The summed E-state index contributed by atoms with van der Waals surface area (Å²) in [6.45, 7) is 4.20. The number of nitrogens with one attached hydrogen (secondary N) is 1. The maximum Gasteiger partial charge on any atom is 0.257 e. The van der Waals surface area contributed by atoms with Crippen molar-refractivity contribution < 1.29 is 9.59 Å². The van der Waals surface area contributed by atoms with E-state index in [1.165, 1.54) is 12.8 Å². The number of hydrogen-bond donors (Lipinski definition) is 2. The third kappa shape index (κ3) is 3.78. The molecule has 3 N–H and O–H groups in total. The van der Waals surface area contributed by atoms with Crippen LogP contribution in [0.4, 0.5) is 0 Å². The van der Waals surface area contributed by atoms with Crippen LogP contribution in [0.3, 0.4) is 0 Å².